The van der Waals surface area contributed by atoms with Gasteiger partial charge in [0.2, 0.25) is 17.7 Å². The van der Waals surface area contributed by atoms with Crippen molar-refractivity contribution in [3.05, 3.63) is 71.3 Å². The van der Waals surface area contributed by atoms with E-state index in [1.807, 2.05) is 54.6 Å². The lowest BCUT2D eigenvalue weighted by molar-refractivity contribution is -0.143. The SMILES string of the molecule is CCCCCCCN(C(=O)C(CCC(N)=O)NC(=O)OC(C)(C)C)C(C(=O)NCc1ccccc1)c1ccc(CC)cc1. The molecular formula is C34H50N4O5. The molecule has 0 aromatic heterocycles. The Bertz CT molecular complexity index is 1160. The highest BCUT2D eigenvalue weighted by atomic mass is 16.6. The minimum Gasteiger partial charge on any atom is -0.444 e. The lowest BCUT2D eigenvalue weighted by atomic mass is 9.99. The van der Waals surface area contributed by atoms with Crippen LogP contribution in [0.25, 0.3) is 0 Å². The predicted molar refractivity (Wildman–Crippen MR) is 169 cm³/mol. The van der Waals surface area contributed by atoms with Crippen LogP contribution in [-0.2, 0) is 32.1 Å². The van der Waals surface area contributed by atoms with Crippen LogP contribution in [0, 0.1) is 0 Å². The first-order chi connectivity index (χ1) is 20.4. The number of hydrogen-bond acceptors (Lipinski definition) is 5. The van der Waals surface area contributed by atoms with Crippen LogP contribution in [0.4, 0.5) is 4.79 Å². The third-order valence-corrected chi connectivity index (χ3v) is 7.03. The smallest absolute Gasteiger partial charge is 0.408 e. The van der Waals surface area contributed by atoms with Gasteiger partial charge in [-0.3, -0.25) is 14.4 Å². The molecule has 0 aliphatic heterocycles. The number of ether oxygens (including phenoxy) is 1. The van der Waals surface area contributed by atoms with E-state index in [-0.39, 0.29) is 18.7 Å². The largest absolute Gasteiger partial charge is 0.444 e. The number of rotatable bonds is 17. The Kier molecular flexibility index (Phi) is 14.7. The van der Waals surface area contributed by atoms with Crippen molar-refractivity contribution in [2.24, 2.45) is 5.73 Å². The number of hydrogen-bond donors (Lipinski definition) is 3. The summed E-state index contributed by atoms with van der Waals surface area (Å²) in [5.74, 6) is -1.40. The molecule has 0 saturated carbocycles. The highest BCUT2D eigenvalue weighted by Crippen LogP contribution is 2.25. The molecular weight excluding hydrogens is 544 g/mol. The van der Waals surface area contributed by atoms with E-state index < -0.39 is 35.6 Å². The summed E-state index contributed by atoms with van der Waals surface area (Å²) in [6.45, 7) is 9.95. The maximum absolute atomic E-state index is 14.3. The van der Waals surface area contributed by atoms with Gasteiger partial charge in [0, 0.05) is 19.5 Å². The summed E-state index contributed by atoms with van der Waals surface area (Å²) < 4.78 is 5.42. The molecule has 9 nitrogen and oxygen atoms in total. The zero-order valence-corrected chi connectivity index (χ0v) is 26.5. The number of primary amides is 1. The average Bonchev–Trinajstić information content (AvgIpc) is 2.96. The van der Waals surface area contributed by atoms with Crippen molar-refractivity contribution >= 4 is 23.8 Å². The summed E-state index contributed by atoms with van der Waals surface area (Å²) in [5, 5.41) is 5.66. The molecule has 4 amide bonds. The van der Waals surface area contributed by atoms with Crippen molar-refractivity contribution in [1.29, 1.82) is 0 Å². The first-order valence-electron chi connectivity index (χ1n) is 15.4. The van der Waals surface area contributed by atoms with Crippen molar-refractivity contribution in [1.82, 2.24) is 15.5 Å². The van der Waals surface area contributed by atoms with E-state index in [1.165, 1.54) is 4.90 Å². The average molecular weight is 595 g/mol. The van der Waals surface area contributed by atoms with Crippen LogP contribution in [-0.4, -0.2) is 46.9 Å². The quantitative estimate of drug-likeness (QED) is 0.206. The molecule has 0 spiro atoms. The number of carbonyl (C=O) groups excluding carboxylic acids is 4. The number of carbonyl (C=O) groups is 4. The van der Waals surface area contributed by atoms with Crippen LogP contribution in [0.3, 0.4) is 0 Å². The van der Waals surface area contributed by atoms with Crippen LogP contribution in [0.15, 0.2) is 54.6 Å². The van der Waals surface area contributed by atoms with Gasteiger partial charge in [-0.2, -0.15) is 0 Å². The second-order valence-electron chi connectivity index (χ2n) is 11.9. The molecule has 0 aliphatic carbocycles. The van der Waals surface area contributed by atoms with Crippen LogP contribution < -0.4 is 16.4 Å². The van der Waals surface area contributed by atoms with Gasteiger partial charge in [0.05, 0.1) is 0 Å². The molecule has 2 aromatic carbocycles. The fraction of sp³-hybridized carbons (Fsp3) is 0.529. The molecule has 2 atom stereocenters. The lowest BCUT2D eigenvalue weighted by Crippen LogP contribution is -2.53. The maximum atomic E-state index is 14.3. The first kappa shape index (κ1) is 35.3. The topological polar surface area (TPSA) is 131 Å². The monoisotopic (exact) mass is 594 g/mol. The molecule has 236 valence electrons. The number of nitrogens with one attached hydrogen (secondary N) is 2. The molecule has 2 unspecified atom stereocenters. The molecule has 0 fully saturated rings. The lowest BCUT2D eigenvalue weighted by Gasteiger charge is -2.34. The number of nitrogens with two attached hydrogens (primary N) is 1. The maximum Gasteiger partial charge on any atom is 0.408 e. The van der Waals surface area contributed by atoms with E-state index in [4.69, 9.17) is 10.5 Å². The zero-order chi connectivity index (χ0) is 31.8. The van der Waals surface area contributed by atoms with Crippen LogP contribution in [0.5, 0.6) is 0 Å². The number of unbranched alkanes of at least 4 members (excludes halogenated alkanes) is 4. The summed E-state index contributed by atoms with van der Waals surface area (Å²) >= 11 is 0. The Balaban J connectivity index is 2.49. The summed E-state index contributed by atoms with van der Waals surface area (Å²) in [5.41, 5.74) is 7.33. The second kappa shape index (κ2) is 17.9. The Hall–Kier alpha value is -3.88. The van der Waals surface area contributed by atoms with E-state index in [1.54, 1.807) is 20.8 Å². The van der Waals surface area contributed by atoms with E-state index in [0.717, 1.165) is 43.2 Å². The fourth-order valence-electron chi connectivity index (χ4n) is 4.74. The highest BCUT2D eigenvalue weighted by molar-refractivity contribution is 5.92. The summed E-state index contributed by atoms with van der Waals surface area (Å²) in [4.78, 5) is 54.3. The van der Waals surface area contributed by atoms with E-state index in [2.05, 4.69) is 24.5 Å². The van der Waals surface area contributed by atoms with Crippen molar-refractivity contribution in [2.75, 3.05) is 6.54 Å². The van der Waals surface area contributed by atoms with Crippen molar-refractivity contribution in [3.63, 3.8) is 0 Å². The molecule has 2 rings (SSSR count). The van der Waals surface area contributed by atoms with E-state index in [9.17, 15) is 19.2 Å². The fourth-order valence-corrected chi connectivity index (χ4v) is 4.74. The highest BCUT2D eigenvalue weighted by Gasteiger charge is 2.36. The molecule has 9 heteroatoms. The second-order valence-corrected chi connectivity index (χ2v) is 11.9. The van der Waals surface area contributed by atoms with Crippen molar-refractivity contribution in [3.8, 4) is 0 Å². The molecule has 2 aromatic rings. The number of alkyl carbamates (subject to hydrolysis) is 1. The number of nitrogens with zero attached hydrogens (tertiary/aromatic N) is 1. The zero-order valence-electron chi connectivity index (χ0n) is 26.5. The third-order valence-electron chi connectivity index (χ3n) is 7.03. The van der Waals surface area contributed by atoms with Gasteiger partial charge in [-0.25, -0.2) is 4.79 Å². The van der Waals surface area contributed by atoms with Gasteiger partial charge >= 0.3 is 6.09 Å². The van der Waals surface area contributed by atoms with E-state index >= 15 is 0 Å². The van der Waals surface area contributed by atoms with E-state index in [0.29, 0.717) is 25.1 Å². The normalized spacial score (nSPS) is 12.6. The van der Waals surface area contributed by atoms with Gasteiger partial charge in [-0.15, -0.1) is 0 Å². The summed E-state index contributed by atoms with van der Waals surface area (Å²) in [7, 11) is 0. The standard InChI is InChI=1S/C34H50N4O5/c1-6-8-9-10-14-23-38(32(41)28(21-22-29(35)39)37-33(42)43-34(3,4)5)30(27-19-17-25(7-2)18-20-27)31(40)36-24-26-15-12-11-13-16-26/h11-13,15-20,28,30H,6-10,14,21-24H2,1-5H3,(H2,35,39)(H,36,40)(H,37,42). The minimum atomic E-state index is -1.11. The molecule has 0 saturated heterocycles. The molecule has 0 heterocycles. The van der Waals surface area contributed by atoms with Gasteiger partial charge in [-0.1, -0.05) is 94.1 Å². The van der Waals surface area contributed by atoms with Crippen LogP contribution in [0.1, 0.15) is 102 Å². The Morgan fingerprint density at radius 2 is 1.53 bits per heavy atom. The van der Waals surface area contributed by atoms with Gasteiger partial charge in [0.1, 0.15) is 17.7 Å². The van der Waals surface area contributed by atoms with Gasteiger partial charge in [0.15, 0.2) is 0 Å². The third kappa shape index (κ3) is 12.9. The molecule has 0 aliphatic rings. The van der Waals surface area contributed by atoms with Crippen molar-refractivity contribution < 1.29 is 23.9 Å². The molecule has 43 heavy (non-hydrogen) atoms. The molecule has 4 N–H and O–H groups in total. The minimum absolute atomic E-state index is 0.0210. The number of aryl methyl sites for hydroxylation is 1. The Morgan fingerprint density at radius 1 is 0.884 bits per heavy atom. The first-order valence-corrected chi connectivity index (χ1v) is 15.4. The van der Waals surface area contributed by atoms with Crippen LogP contribution in [0.2, 0.25) is 0 Å². The summed E-state index contributed by atoms with van der Waals surface area (Å²) in [6, 6.07) is 15.2. The van der Waals surface area contributed by atoms with Gasteiger partial charge in [-0.05, 0) is 56.7 Å². The van der Waals surface area contributed by atoms with Crippen LogP contribution >= 0.6 is 0 Å². The van der Waals surface area contributed by atoms with Gasteiger partial charge < -0.3 is 26.0 Å². The number of benzene rings is 2. The Morgan fingerprint density at radius 3 is 2.12 bits per heavy atom. The van der Waals surface area contributed by atoms with Crippen molar-refractivity contribution in [2.45, 2.75) is 110 Å². The Labute approximate surface area is 256 Å². The molecule has 0 radical (unpaired) electrons. The number of amides is 4. The van der Waals surface area contributed by atoms with Gasteiger partial charge in [0.25, 0.3) is 0 Å². The summed E-state index contributed by atoms with van der Waals surface area (Å²) in [6.07, 6.45) is 4.64. The predicted octanol–water partition coefficient (Wildman–Crippen LogP) is 5.56. The molecule has 0 bridgehead atoms.